The van der Waals surface area contributed by atoms with Crippen molar-refractivity contribution in [1.29, 1.82) is 0 Å². The number of nitrogens with one attached hydrogen (secondary N) is 1. The van der Waals surface area contributed by atoms with Crippen molar-refractivity contribution in [3.05, 3.63) is 36.5 Å². The molecule has 6 N–H and O–H groups in total. The fourth-order valence-corrected chi connectivity index (χ4v) is 5.42. The number of aliphatic hydroxyl groups excluding tert-OH is 5. The maximum Gasteiger partial charge on any atom is 0.220 e. The van der Waals surface area contributed by atoms with E-state index >= 15 is 0 Å². The van der Waals surface area contributed by atoms with Gasteiger partial charge < -0.3 is 40.3 Å². The number of hydrogen-bond acceptors (Lipinski definition) is 8. The minimum Gasteiger partial charge on any atom is -0.394 e. The molecular weight excluding hydrogens is 586 g/mol. The summed E-state index contributed by atoms with van der Waals surface area (Å²) in [4.78, 5) is 12.7. The van der Waals surface area contributed by atoms with E-state index in [2.05, 4.69) is 43.5 Å². The summed E-state index contributed by atoms with van der Waals surface area (Å²) in [5.74, 6) is -0.202. The van der Waals surface area contributed by atoms with Crippen LogP contribution in [0, 0.1) is 0 Å². The van der Waals surface area contributed by atoms with Gasteiger partial charge in [0.05, 0.1) is 25.4 Å². The summed E-state index contributed by atoms with van der Waals surface area (Å²) in [5.41, 5.74) is 0. The van der Waals surface area contributed by atoms with E-state index in [1.807, 2.05) is 6.08 Å². The van der Waals surface area contributed by atoms with E-state index in [1.165, 1.54) is 64.2 Å². The van der Waals surface area contributed by atoms with Crippen molar-refractivity contribution in [3.8, 4) is 0 Å². The van der Waals surface area contributed by atoms with Crippen molar-refractivity contribution in [3.63, 3.8) is 0 Å². The molecule has 0 saturated carbocycles. The number of ether oxygens (including phenoxy) is 2. The van der Waals surface area contributed by atoms with Crippen LogP contribution in [0.3, 0.4) is 0 Å². The molecule has 46 heavy (non-hydrogen) atoms. The molecule has 1 aliphatic heterocycles. The lowest BCUT2D eigenvalue weighted by Crippen LogP contribution is -2.60. The van der Waals surface area contributed by atoms with Crippen LogP contribution in [0.15, 0.2) is 36.5 Å². The maximum absolute atomic E-state index is 12.7. The van der Waals surface area contributed by atoms with Gasteiger partial charge in [-0.2, -0.15) is 0 Å². The van der Waals surface area contributed by atoms with E-state index in [4.69, 9.17) is 9.47 Å². The third-order valence-corrected chi connectivity index (χ3v) is 8.45. The van der Waals surface area contributed by atoms with Crippen LogP contribution in [0.2, 0.25) is 0 Å². The second-order valence-corrected chi connectivity index (χ2v) is 12.6. The van der Waals surface area contributed by atoms with Crippen molar-refractivity contribution >= 4 is 5.91 Å². The summed E-state index contributed by atoms with van der Waals surface area (Å²) < 4.78 is 11.1. The summed E-state index contributed by atoms with van der Waals surface area (Å²) in [7, 11) is 0. The molecule has 7 unspecified atom stereocenters. The van der Waals surface area contributed by atoms with Gasteiger partial charge in [0, 0.05) is 6.42 Å². The smallest absolute Gasteiger partial charge is 0.220 e. The second-order valence-electron chi connectivity index (χ2n) is 12.6. The fourth-order valence-electron chi connectivity index (χ4n) is 5.42. The molecule has 1 fully saturated rings. The predicted molar refractivity (Wildman–Crippen MR) is 184 cm³/mol. The van der Waals surface area contributed by atoms with Gasteiger partial charge in [-0.25, -0.2) is 0 Å². The van der Waals surface area contributed by atoms with E-state index in [0.29, 0.717) is 6.42 Å². The molecule has 1 saturated heterocycles. The van der Waals surface area contributed by atoms with E-state index < -0.39 is 49.5 Å². The van der Waals surface area contributed by atoms with Crippen LogP contribution >= 0.6 is 0 Å². The van der Waals surface area contributed by atoms with E-state index in [1.54, 1.807) is 6.08 Å². The van der Waals surface area contributed by atoms with Crippen LogP contribution in [0.1, 0.15) is 136 Å². The van der Waals surface area contributed by atoms with Crippen molar-refractivity contribution in [2.24, 2.45) is 0 Å². The van der Waals surface area contributed by atoms with E-state index in [0.717, 1.165) is 51.4 Å². The van der Waals surface area contributed by atoms with Crippen LogP contribution in [-0.4, -0.2) is 87.5 Å². The van der Waals surface area contributed by atoms with Crippen LogP contribution in [0.5, 0.6) is 0 Å². The van der Waals surface area contributed by atoms with Crippen LogP contribution in [0.4, 0.5) is 0 Å². The van der Waals surface area contributed by atoms with Gasteiger partial charge in [-0.3, -0.25) is 4.79 Å². The quantitative estimate of drug-likeness (QED) is 0.0461. The SMILES string of the molecule is CCCCCCCC/C=C/CC/C=C/CC/C=C/C(O)C(COC1OC(CO)C(O)C(O)C1O)NC(=O)CCCCCCCCC. The number of carbonyl (C=O) groups excluding carboxylic acids is 1. The van der Waals surface area contributed by atoms with Gasteiger partial charge in [0.2, 0.25) is 5.91 Å². The Labute approximate surface area is 279 Å². The number of allylic oxidation sites excluding steroid dienone is 5. The highest BCUT2D eigenvalue weighted by Gasteiger charge is 2.44. The van der Waals surface area contributed by atoms with Gasteiger partial charge in [0.25, 0.3) is 0 Å². The molecule has 268 valence electrons. The lowest BCUT2D eigenvalue weighted by molar-refractivity contribution is -0.302. The molecule has 0 spiro atoms. The zero-order chi connectivity index (χ0) is 33.8. The van der Waals surface area contributed by atoms with Crippen LogP contribution in [0.25, 0.3) is 0 Å². The van der Waals surface area contributed by atoms with E-state index in [-0.39, 0.29) is 12.5 Å². The largest absolute Gasteiger partial charge is 0.394 e. The summed E-state index contributed by atoms with van der Waals surface area (Å²) >= 11 is 0. The van der Waals surface area contributed by atoms with Crippen LogP contribution in [-0.2, 0) is 14.3 Å². The molecule has 0 radical (unpaired) electrons. The predicted octanol–water partition coefficient (Wildman–Crippen LogP) is 5.77. The number of amides is 1. The van der Waals surface area contributed by atoms with E-state index in [9.17, 15) is 30.3 Å². The van der Waals surface area contributed by atoms with Crippen molar-refractivity contribution in [2.45, 2.75) is 179 Å². The molecule has 0 aromatic rings. The zero-order valence-corrected chi connectivity index (χ0v) is 28.8. The maximum atomic E-state index is 12.7. The first-order valence-corrected chi connectivity index (χ1v) is 18.2. The summed E-state index contributed by atoms with van der Waals surface area (Å²) in [6.07, 6.45) is 24.9. The number of unbranched alkanes of at least 4 members (excludes halogenated alkanes) is 14. The van der Waals surface area contributed by atoms with Gasteiger partial charge in [-0.15, -0.1) is 0 Å². The monoisotopic (exact) mass is 653 g/mol. The number of hydrogen-bond donors (Lipinski definition) is 6. The fraction of sp³-hybridized carbons (Fsp3) is 0.811. The Kier molecular flexibility index (Phi) is 26.2. The third kappa shape index (κ3) is 19.9. The van der Waals surface area contributed by atoms with Crippen LogP contribution < -0.4 is 5.32 Å². The first kappa shape index (κ1) is 42.4. The number of aliphatic hydroxyl groups is 5. The Morgan fingerprint density at radius 1 is 0.717 bits per heavy atom. The minimum atomic E-state index is -1.57. The number of carbonyl (C=O) groups is 1. The summed E-state index contributed by atoms with van der Waals surface area (Å²) in [6.45, 7) is 3.65. The van der Waals surface area contributed by atoms with Gasteiger partial charge in [0.15, 0.2) is 6.29 Å². The first-order chi connectivity index (χ1) is 22.3. The minimum absolute atomic E-state index is 0.202. The topological polar surface area (TPSA) is 149 Å². The van der Waals surface area contributed by atoms with Gasteiger partial charge in [-0.1, -0.05) is 121 Å². The molecular formula is C37H67NO8. The average Bonchev–Trinajstić information content (AvgIpc) is 3.05. The molecule has 0 aromatic heterocycles. The van der Waals surface area contributed by atoms with Crippen molar-refractivity contribution in [1.82, 2.24) is 5.32 Å². The summed E-state index contributed by atoms with van der Waals surface area (Å²) in [5, 5.41) is 53.6. The van der Waals surface area contributed by atoms with Gasteiger partial charge in [-0.05, 0) is 44.9 Å². The third-order valence-electron chi connectivity index (χ3n) is 8.45. The molecule has 1 heterocycles. The highest BCUT2D eigenvalue weighted by Crippen LogP contribution is 2.22. The first-order valence-electron chi connectivity index (χ1n) is 18.2. The van der Waals surface area contributed by atoms with Crippen molar-refractivity contribution in [2.75, 3.05) is 13.2 Å². The Morgan fingerprint density at radius 3 is 1.83 bits per heavy atom. The normalized spacial score (nSPS) is 23.5. The van der Waals surface area contributed by atoms with Crippen molar-refractivity contribution < 1.29 is 39.8 Å². The average molecular weight is 654 g/mol. The zero-order valence-electron chi connectivity index (χ0n) is 28.8. The standard InChI is InChI=1S/C37H67NO8/c1-3-5-7-9-11-12-13-14-15-16-17-18-19-21-22-24-26-31(40)30(38-33(41)27-25-23-20-10-8-6-4-2)29-45-37-36(44)35(43)34(42)32(28-39)46-37/h14-15,18-19,24,26,30-32,34-37,39-40,42-44H,3-13,16-17,20-23,25,27-29H2,1-2H3,(H,38,41)/b15-14+,19-18+,26-24+. The Bertz CT molecular complexity index is 817. The molecule has 0 aromatic carbocycles. The molecule has 7 atom stereocenters. The summed E-state index contributed by atoms with van der Waals surface area (Å²) in [6, 6.07) is -0.820. The lowest BCUT2D eigenvalue weighted by atomic mass is 9.99. The molecule has 9 heteroatoms. The Morgan fingerprint density at radius 2 is 1.24 bits per heavy atom. The lowest BCUT2D eigenvalue weighted by Gasteiger charge is -2.40. The number of rotatable bonds is 28. The molecule has 0 bridgehead atoms. The molecule has 1 amide bonds. The molecule has 1 aliphatic rings. The Hall–Kier alpha value is -1.59. The highest BCUT2D eigenvalue weighted by molar-refractivity contribution is 5.76. The van der Waals surface area contributed by atoms with Gasteiger partial charge >= 0.3 is 0 Å². The molecule has 9 nitrogen and oxygen atoms in total. The second kappa shape index (κ2) is 28.4. The van der Waals surface area contributed by atoms with Gasteiger partial charge in [0.1, 0.15) is 24.4 Å². The molecule has 1 rings (SSSR count). The highest BCUT2D eigenvalue weighted by atomic mass is 16.7. The Balaban J connectivity index is 2.50. The molecule has 0 aliphatic carbocycles.